The fraction of sp³-hybridized carbons (Fsp3) is 0.143. The summed E-state index contributed by atoms with van der Waals surface area (Å²) in [6.45, 7) is 3.03. The predicted octanol–water partition coefficient (Wildman–Crippen LogP) is 5.35. The molecule has 122 valence electrons. The molecule has 0 spiro atoms. The summed E-state index contributed by atoms with van der Waals surface area (Å²) >= 11 is 5.97. The molecule has 0 amide bonds. The number of halogens is 1. The Morgan fingerprint density at radius 1 is 0.917 bits per heavy atom. The number of benzene rings is 3. The first-order valence-corrected chi connectivity index (χ1v) is 8.31. The molecule has 0 atom stereocenters. The van der Waals surface area contributed by atoms with Gasteiger partial charge in [0, 0.05) is 17.1 Å². The first kappa shape index (κ1) is 16.6. The van der Waals surface area contributed by atoms with Crippen LogP contribution in [0.2, 0.25) is 5.02 Å². The van der Waals surface area contributed by atoms with Crippen molar-refractivity contribution in [2.24, 2.45) is 5.73 Å². The zero-order valence-electron chi connectivity index (χ0n) is 13.6. The van der Waals surface area contributed by atoms with Gasteiger partial charge in [-0.25, -0.2) is 0 Å². The van der Waals surface area contributed by atoms with E-state index in [0.717, 1.165) is 38.6 Å². The van der Waals surface area contributed by atoms with Crippen LogP contribution in [0.3, 0.4) is 0 Å². The molecule has 0 aliphatic heterocycles. The molecule has 2 nitrogen and oxygen atoms in total. The third kappa shape index (κ3) is 3.78. The summed E-state index contributed by atoms with van der Waals surface area (Å²) < 4.78 is 6.05. The molecular formula is C21H20ClNO. The number of hydrogen-bond donors (Lipinski definition) is 1. The summed E-state index contributed by atoms with van der Waals surface area (Å²) in [6, 6.07) is 22.2. The average molecular weight is 338 g/mol. The molecule has 0 aromatic heterocycles. The molecule has 3 aromatic rings. The maximum Gasteiger partial charge on any atom is 0.127 e. The Morgan fingerprint density at radius 3 is 2.29 bits per heavy atom. The minimum absolute atomic E-state index is 0.437. The second-order valence-electron chi connectivity index (χ2n) is 5.77. The van der Waals surface area contributed by atoms with Gasteiger partial charge in [-0.1, -0.05) is 54.1 Å². The molecule has 0 aliphatic rings. The van der Waals surface area contributed by atoms with Crippen molar-refractivity contribution in [1.29, 1.82) is 0 Å². The lowest BCUT2D eigenvalue weighted by atomic mass is 9.99. The van der Waals surface area contributed by atoms with Gasteiger partial charge in [0.25, 0.3) is 0 Å². The third-order valence-corrected chi connectivity index (χ3v) is 4.23. The number of rotatable bonds is 5. The van der Waals surface area contributed by atoms with Gasteiger partial charge in [0.15, 0.2) is 0 Å². The van der Waals surface area contributed by atoms with E-state index >= 15 is 0 Å². The SMILES string of the molecule is Cc1cc(-c2ccc(Cl)cc2)cc(CN)c1OCc1ccccc1. The van der Waals surface area contributed by atoms with Crippen molar-refractivity contribution in [3.05, 3.63) is 88.4 Å². The van der Waals surface area contributed by atoms with E-state index in [-0.39, 0.29) is 0 Å². The Hall–Kier alpha value is -2.29. The van der Waals surface area contributed by atoms with Gasteiger partial charge in [-0.05, 0) is 53.4 Å². The van der Waals surface area contributed by atoms with Crippen molar-refractivity contribution >= 4 is 11.6 Å². The van der Waals surface area contributed by atoms with Gasteiger partial charge >= 0.3 is 0 Å². The van der Waals surface area contributed by atoms with Crippen molar-refractivity contribution in [3.63, 3.8) is 0 Å². The number of aryl methyl sites for hydroxylation is 1. The summed E-state index contributed by atoms with van der Waals surface area (Å²) in [5.74, 6) is 0.874. The van der Waals surface area contributed by atoms with Crippen LogP contribution in [-0.2, 0) is 13.2 Å². The lowest BCUT2D eigenvalue weighted by Gasteiger charge is -2.16. The number of hydrogen-bond acceptors (Lipinski definition) is 2. The summed E-state index contributed by atoms with van der Waals surface area (Å²) in [4.78, 5) is 0. The number of ether oxygens (including phenoxy) is 1. The van der Waals surface area contributed by atoms with E-state index in [1.54, 1.807) is 0 Å². The van der Waals surface area contributed by atoms with Crippen molar-refractivity contribution in [3.8, 4) is 16.9 Å². The molecule has 0 heterocycles. The molecule has 24 heavy (non-hydrogen) atoms. The van der Waals surface area contributed by atoms with Crippen LogP contribution in [0.15, 0.2) is 66.7 Å². The van der Waals surface area contributed by atoms with Gasteiger partial charge in [0.1, 0.15) is 12.4 Å². The Morgan fingerprint density at radius 2 is 1.62 bits per heavy atom. The highest BCUT2D eigenvalue weighted by atomic mass is 35.5. The molecule has 0 aliphatic carbocycles. The number of nitrogens with two attached hydrogens (primary N) is 1. The first-order chi connectivity index (χ1) is 11.7. The summed E-state index contributed by atoms with van der Waals surface area (Å²) in [6.07, 6.45) is 0. The summed E-state index contributed by atoms with van der Waals surface area (Å²) in [5, 5.41) is 0.734. The van der Waals surface area contributed by atoms with Crippen molar-refractivity contribution < 1.29 is 4.74 Å². The lowest BCUT2D eigenvalue weighted by molar-refractivity contribution is 0.301. The minimum Gasteiger partial charge on any atom is -0.488 e. The molecule has 3 rings (SSSR count). The normalized spacial score (nSPS) is 10.6. The van der Waals surface area contributed by atoms with Crippen LogP contribution >= 0.6 is 11.6 Å². The molecule has 3 heteroatoms. The van der Waals surface area contributed by atoms with E-state index in [0.29, 0.717) is 13.2 Å². The molecule has 2 N–H and O–H groups in total. The molecule has 0 fully saturated rings. The molecular weight excluding hydrogens is 318 g/mol. The fourth-order valence-electron chi connectivity index (χ4n) is 2.74. The van der Waals surface area contributed by atoms with Crippen LogP contribution in [-0.4, -0.2) is 0 Å². The van der Waals surface area contributed by atoms with Crippen LogP contribution in [0.1, 0.15) is 16.7 Å². The second-order valence-corrected chi connectivity index (χ2v) is 6.20. The maximum absolute atomic E-state index is 6.05. The zero-order chi connectivity index (χ0) is 16.9. The monoisotopic (exact) mass is 337 g/mol. The van der Waals surface area contributed by atoms with Crippen LogP contribution < -0.4 is 10.5 Å². The van der Waals surface area contributed by atoms with Gasteiger partial charge in [-0.2, -0.15) is 0 Å². The van der Waals surface area contributed by atoms with E-state index in [9.17, 15) is 0 Å². The van der Waals surface area contributed by atoms with Crippen molar-refractivity contribution in [2.45, 2.75) is 20.1 Å². The molecule has 0 saturated carbocycles. The van der Waals surface area contributed by atoms with Crippen LogP contribution in [0, 0.1) is 6.92 Å². The highest BCUT2D eigenvalue weighted by Crippen LogP contribution is 2.31. The van der Waals surface area contributed by atoms with Crippen LogP contribution in [0.5, 0.6) is 5.75 Å². The van der Waals surface area contributed by atoms with E-state index in [1.807, 2.05) is 42.5 Å². The minimum atomic E-state index is 0.437. The maximum atomic E-state index is 6.05. The molecule has 0 saturated heterocycles. The van der Waals surface area contributed by atoms with Gasteiger partial charge in [-0.3, -0.25) is 0 Å². The average Bonchev–Trinajstić information content (AvgIpc) is 2.61. The zero-order valence-corrected chi connectivity index (χ0v) is 14.4. The Kier molecular flexibility index (Phi) is 5.19. The topological polar surface area (TPSA) is 35.2 Å². The predicted molar refractivity (Wildman–Crippen MR) is 100 cm³/mol. The van der Waals surface area contributed by atoms with Gasteiger partial charge in [0.2, 0.25) is 0 Å². The van der Waals surface area contributed by atoms with Crippen LogP contribution in [0.25, 0.3) is 11.1 Å². The van der Waals surface area contributed by atoms with E-state index in [4.69, 9.17) is 22.1 Å². The van der Waals surface area contributed by atoms with Gasteiger partial charge in [-0.15, -0.1) is 0 Å². The smallest absolute Gasteiger partial charge is 0.127 e. The van der Waals surface area contributed by atoms with E-state index in [1.165, 1.54) is 0 Å². The van der Waals surface area contributed by atoms with Crippen molar-refractivity contribution in [1.82, 2.24) is 0 Å². The molecule has 3 aromatic carbocycles. The molecule has 0 unspecified atom stereocenters. The largest absolute Gasteiger partial charge is 0.488 e. The summed E-state index contributed by atoms with van der Waals surface area (Å²) in [5.41, 5.74) is 11.4. The van der Waals surface area contributed by atoms with Crippen LogP contribution in [0.4, 0.5) is 0 Å². The van der Waals surface area contributed by atoms with Gasteiger partial charge in [0.05, 0.1) is 0 Å². The van der Waals surface area contributed by atoms with Gasteiger partial charge < -0.3 is 10.5 Å². The Balaban J connectivity index is 1.89. The molecule has 0 bridgehead atoms. The Labute approximate surface area is 147 Å². The highest BCUT2D eigenvalue weighted by Gasteiger charge is 2.10. The first-order valence-electron chi connectivity index (χ1n) is 7.93. The quantitative estimate of drug-likeness (QED) is 0.680. The second kappa shape index (κ2) is 7.52. The molecule has 0 radical (unpaired) electrons. The fourth-order valence-corrected chi connectivity index (χ4v) is 2.87. The Bertz CT molecular complexity index is 813. The lowest BCUT2D eigenvalue weighted by Crippen LogP contribution is -2.05. The summed E-state index contributed by atoms with van der Waals surface area (Å²) in [7, 11) is 0. The van der Waals surface area contributed by atoms with E-state index in [2.05, 4.69) is 31.2 Å². The standard InChI is InChI=1S/C21H20ClNO/c1-15-11-18(17-7-9-20(22)10-8-17)12-19(13-23)21(15)24-14-16-5-3-2-4-6-16/h2-12H,13-14,23H2,1H3. The third-order valence-electron chi connectivity index (χ3n) is 3.98. The van der Waals surface area contributed by atoms with Crippen molar-refractivity contribution in [2.75, 3.05) is 0 Å². The van der Waals surface area contributed by atoms with E-state index < -0.39 is 0 Å². The highest BCUT2D eigenvalue weighted by molar-refractivity contribution is 6.30.